The Kier molecular flexibility index (Phi) is 6.82. The number of hydrogen-bond donors (Lipinski definition) is 2. The van der Waals surface area contributed by atoms with Crippen LogP contribution in [0.2, 0.25) is 0 Å². The molecular weight excluding hydrogens is 388 g/mol. The Morgan fingerprint density at radius 2 is 1.96 bits per heavy atom. The molecule has 0 unspecified atom stereocenters. The highest BCUT2D eigenvalue weighted by molar-refractivity contribution is 9.10. The van der Waals surface area contributed by atoms with Crippen molar-refractivity contribution < 1.29 is 19.4 Å². The number of methoxy groups -OCH3 is 1. The number of amides is 1. The van der Waals surface area contributed by atoms with E-state index >= 15 is 0 Å². The number of nitrogens with zero attached hydrogens (tertiary/aromatic N) is 1. The second kappa shape index (κ2) is 9.08. The van der Waals surface area contributed by atoms with Gasteiger partial charge in [0.2, 0.25) is 0 Å². The fourth-order valence-corrected chi connectivity index (χ4v) is 2.47. The number of hydrazone groups is 1. The molecule has 132 valence electrons. The molecular formula is C18H19BrN2O4. The molecule has 0 heterocycles. The van der Waals surface area contributed by atoms with E-state index in [0.29, 0.717) is 29.2 Å². The number of ether oxygens (including phenoxy) is 2. The van der Waals surface area contributed by atoms with E-state index in [0.717, 1.165) is 4.47 Å². The maximum absolute atomic E-state index is 12.0. The average Bonchev–Trinajstić information content (AvgIpc) is 2.63. The molecule has 0 spiro atoms. The van der Waals surface area contributed by atoms with Gasteiger partial charge in [-0.3, -0.25) is 4.79 Å². The molecule has 0 bridgehead atoms. The molecule has 0 aliphatic carbocycles. The first kappa shape index (κ1) is 18.8. The van der Waals surface area contributed by atoms with Crippen LogP contribution in [-0.4, -0.2) is 30.4 Å². The van der Waals surface area contributed by atoms with Crippen LogP contribution in [0.4, 0.5) is 0 Å². The molecule has 2 aromatic carbocycles. The largest absolute Gasteiger partial charge is 0.507 e. The summed E-state index contributed by atoms with van der Waals surface area (Å²) in [5.41, 5.74) is 3.56. The summed E-state index contributed by atoms with van der Waals surface area (Å²) in [7, 11) is 1.53. The van der Waals surface area contributed by atoms with E-state index < -0.39 is 5.91 Å². The van der Waals surface area contributed by atoms with Crippen LogP contribution < -0.4 is 14.9 Å². The first-order chi connectivity index (χ1) is 12.0. The molecule has 2 N–H and O–H groups in total. The molecule has 6 nitrogen and oxygen atoms in total. The lowest BCUT2D eigenvalue weighted by Crippen LogP contribution is -2.26. The third kappa shape index (κ3) is 5.22. The number of rotatable bonds is 7. The van der Waals surface area contributed by atoms with Crippen LogP contribution in [0, 0.1) is 0 Å². The Labute approximate surface area is 154 Å². The second-order valence-electron chi connectivity index (χ2n) is 5.05. The zero-order valence-corrected chi connectivity index (χ0v) is 15.5. The van der Waals surface area contributed by atoms with Gasteiger partial charge in [0.1, 0.15) is 5.75 Å². The summed E-state index contributed by atoms with van der Waals surface area (Å²) in [5.74, 6) is 0.714. The van der Waals surface area contributed by atoms with Crippen molar-refractivity contribution in [2.45, 2.75) is 13.3 Å². The van der Waals surface area contributed by atoms with E-state index in [9.17, 15) is 9.90 Å². The van der Waals surface area contributed by atoms with Crippen molar-refractivity contribution in [3.05, 3.63) is 52.5 Å². The lowest BCUT2D eigenvalue weighted by Gasteiger charge is -2.10. The highest BCUT2D eigenvalue weighted by Crippen LogP contribution is 2.25. The molecule has 1 amide bonds. The van der Waals surface area contributed by atoms with Gasteiger partial charge in [0.25, 0.3) is 5.91 Å². The number of carbonyl (C=O) groups excluding carboxylic acids is 1. The standard InChI is InChI=1S/C18H19BrN2O4/c1-3-14(13-10-12(19)8-9-15(13)22)20-21-18(23)11-25-17-7-5-4-6-16(17)24-2/h4-10,22H,3,11H2,1-2H3,(H,21,23)/b20-14+. The normalized spacial score (nSPS) is 11.1. The zero-order chi connectivity index (χ0) is 18.2. The summed E-state index contributed by atoms with van der Waals surface area (Å²) in [6.07, 6.45) is 0.539. The predicted octanol–water partition coefficient (Wildman–Crippen LogP) is 3.47. The maximum atomic E-state index is 12.0. The maximum Gasteiger partial charge on any atom is 0.277 e. The second-order valence-corrected chi connectivity index (χ2v) is 5.96. The fourth-order valence-electron chi connectivity index (χ4n) is 2.11. The Hall–Kier alpha value is -2.54. The van der Waals surface area contributed by atoms with Gasteiger partial charge in [-0.2, -0.15) is 5.10 Å². The molecule has 0 aliphatic rings. The Morgan fingerprint density at radius 3 is 2.64 bits per heavy atom. The van der Waals surface area contributed by atoms with Crippen LogP contribution in [-0.2, 0) is 4.79 Å². The number of phenolic OH excluding ortho intramolecular Hbond substituents is 1. The van der Waals surface area contributed by atoms with Crippen LogP contribution >= 0.6 is 15.9 Å². The van der Waals surface area contributed by atoms with Crippen molar-refractivity contribution in [1.29, 1.82) is 0 Å². The van der Waals surface area contributed by atoms with Crippen LogP contribution in [0.15, 0.2) is 52.0 Å². The molecule has 0 fully saturated rings. The molecule has 0 saturated carbocycles. The number of para-hydroxylation sites is 2. The first-order valence-electron chi connectivity index (χ1n) is 7.65. The minimum atomic E-state index is -0.411. The zero-order valence-electron chi connectivity index (χ0n) is 14.0. The minimum absolute atomic E-state index is 0.100. The van der Waals surface area contributed by atoms with Gasteiger partial charge in [0, 0.05) is 10.0 Å². The van der Waals surface area contributed by atoms with Gasteiger partial charge in [-0.15, -0.1) is 0 Å². The molecule has 0 saturated heterocycles. The molecule has 2 rings (SSSR count). The van der Waals surface area contributed by atoms with E-state index in [1.807, 2.05) is 13.0 Å². The topological polar surface area (TPSA) is 80.2 Å². The highest BCUT2D eigenvalue weighted by atomic mass is 79.9. The van der Waals surface area contributed by atoms with Crippen LogP contribution in [0.1, 0.15) is 18.9 Å². The molecule has 7 heteroatoms. The number of hydrogen-bond acceptors (Lipinski definition) is 5. The lowest BCUT2D eigenvalue weighted by molar-refractivity contribution is -0.123. The number of nitrogens with one attached hydrogen (secondary N) is 1. The number of carbonyl (C=O) groups is 1. The summed E-state index contributed by atoms with van der Waals surface area (Å²) in [4.78, 5) is 12.0. The van der Waals surface area contributed by atoms with E-state index in [2.05, 4.69) is 26.5 Å². The van der Waals surface area contributed by atoms with Gasteiger partial charge >= 0.3 is 0 Å². The summed E-state index contributed by atoms with van der Waals surface area (Å²) in [5, 5.41) is 14.1. The smallest absolute Gasteiger partial charge is 0.277 e. The van der Waals surface area contributed by atoms with Crippen LogP contribution in [0.3, 0.4) is 0 Å². The van der Waals surface area contributed by atoms with Gasteiger partial charge in [-0.1, -0.05) is 35.0 Å². The Bertz CT molecular complexity index is 777. The minimum Gasteiger partial charge on any atom is -0.507 e. The van der Waals surface area contributed by atoms with E-state index in [-0.39, 0.29) is 12.4 Å². The molecule has 2 aromatic rings. The van der Waals surface area contributed by atoms with E-state index in [1.54, 1.807) is 36.4 Å². The van der Waals surface area contributed by atoms with Crippen molar-refractivity contribution in [2.75, 3.05) is 13.7 Å². The molecule has 0 atom stereocenters. The molecule has 0 radical (unpaired) electrons. The van der Waals surface area contributed by atoms with Crippen molar-refractivity contribution in [3.63, 3.8) is 0 Å². The molecule has 25 heavy (non-hydrogen) atoms. The summed E-state index contributed by atoms with van der Waals surface area (Å²) < 4.78 is 11.4. The van der Waals surface area contributed by atoms with Gasteiger partial charge in [-0.05, 0) is 36.8 Å². The Balaban J connectivity index is 2.01. The quantitative estimate of drug-likeness (QED) is 0.544. The summed E-state index contributed by atoms with van der Waals surface area (Å²) in [6.45, 7) is 1.68. The summed E-state index contributed by atoms with van der Waals surface area (Å²) >= 11 is 3.35. The van der Waals surface area contributed by atoms with E-state index in [4.69, 9.17) is 9.47 Å². The van der Waals surface area contributed by atoms with Crippen LogP contribution in [0.5, 0.6) is 17.2 Å². The first-order valence-corrected chi connectivity index (χ1v) is 8.44. The van der Waals surface area contributed by atoms with Gasteiger partial charge in [-0.25, -0.2) is 5.43 Å². The lowest BCUT2D eigenvalue weighted by atomic mass is 10.1. The third-order valence-corrected chi connectivity index (χ3v) is 3.84. The number of benzene rings is 2. The van der Waals surface area contributed by atoms with E-state index in [1.165, 1.54) is 7.11 Å². The fraction of sp³-hybridized carbons (Fsp3) is 0.222. The number of aromatic hydroxyl groups is 1. The van der Waals surface area contributed by atoms with Gasteiger partial charge < -0.3 is 14.6 Å². The number of halogens is 1. The average molecular weight is 407 g/mol. The van der Waals surface area contributed by atoms with Gasteiger partial charge in [0.05, 0.1) is 12.8 Å². The van der Waals surface area contributed by atoms with Crippen molar-refractivity contribution in [2.24, 2.45) is 5.10 Å². The third-order valence-electron chi connectivity index (χ3n) is 3.35. The van der Waals surface area contributed by atoms with Crippen LogP contribution in [0.25, 0.3) is 0 Å². The SMILES string of the molecule is CC/C(=N\NC(=O)COc1ccccc1OC)c1cc(Br)ccc1O. The highest BCUT2D eigenvalue weighted by Gasteiger charge is 2.10. The van der Waals surface area contributed by atoms with Gasteiger partial charge in [0.15, 0.2) is 18.1 Å². The molecule has 0 aliphatic heterocycles. The van der Waals surface area contributed by atoms with Crippen molar-refractivity contribution in [1.82, 2.24) is 5.43 Å². The van der Waals surface area contributed by atoms with Crippen molar-refractivity contribution >= 4 is 27.5 Å². The molecule has 0 aromatic heterocycles. The Morgan fingerprint density at radius 1 is 1.24 bits per heavy atom. The number of phenols is 1. The monoisotopic (exact) mass is 406 g/mol. The summed E-state index contributed by atoms with van der Waals surface area (Å²) in [6, 6.07) is 12.1. The van der Waals surface area contributed by atoms with Crippen molar-refractivity contribution in [3.8, 4) is 17.2 Å². The predicted molar refractivity (Wildman–Crippen MR) is 99.3 cm³/mol.